The average molecular weight is 312 g/mol. The molecule has 8 heteroatoms. The highest BCUT2D eigenvalue weighted by Crippen LogP contribution is 2.34. The second kappa shape index (κ2) is 4.81. The summed E-state index contributed by atoms with van der Waals surface area (Å²) in [5.74, 6) is 0.502. The molecule has 2 aliphatic heterocycles. The number of carbonyl (C=O) groups is 1. The number of hydrogen-bond donors (Lipinski definition) is 0. The normalized spacial score (nSPS) is 27.2. The standard InChI is InChI=1S/C13H20N4O3S/c1-9-14-12(8-15(9)2)21(19,20)17-6-4-5-10-11(17)7-16(3)13(10)18/h8,10-11H,4-7H2,1-3H3/t10-,11-/m1/s1. The van der Waals surface area contributed by atoms with Gasteiger partial charge in [-0.3, -0.25) is 4.79 Å². The molecule has 21 heavy (non-hydrogen) atoms. The van der Waals surface area contributed by atoms with E-state index in [9.17, 15) is 13.2 Å². The summed E-state index contributed by atoms with van der Waals surface area (Å²) in [7, 11) is -0.139. The summed E-state index contributed by atoms with van der Waals surface area (Å²) in [5.41, 5.74) is 0. The fourth-order valence-electron chi connectivity index (χ4n) is 3.26. The largest absolute Gasteiger partial charge is 0.344 e. The molecule has 0 bridgehead atoms. The summed E-state index contributed by atoms with van der Waals surface area (Å²) < 4.78 is 28.8. The molecule has 2 atom stereocenters. The zero-order valence-corrected chi connectivity index (χ0v) is 13.3. The molecule has 0 saturated carbocycles. The molecule has 0 spiro atoms. The van der Waals surface area contributed by atoms with Gasteiger partial charge in [0.2, 0.25) is 5.91 Å². The Morgan fingerprint density at radius 1 is 1.33 bits per heavy atom. The third-order valence-electron chi connectivity index (χ3n) is 4.54. The number of fused-ring (bicyclic) bond motifs is 1. The van der Waals surface area contributed by atoms with E-state index < -0.39 is 10.0 Å². The molecule has 1 aromatic rings. The van der Waals surface area contributed by atoms with Crippen LogP contribution in [0.3, 0.4) is 0 Å². The second-order valence-electron chi connectivity index (χ2n) is 5.89. The van der Waals surface area contributed by atoms with E-state index in [1.54, 1.807) is 30.5 Å². The van der Waals surface area contributed by atoms with Crippen molar-refractivity contribution in [3.63, 3.8) is 0 Å². The lowest BCUT2D eigenvalue weighted by atomic mass is 9.93. The molecular formula is C13H20N4O3S. The Morgan fingerprint density at radius 2 is 2.05 bits per heavy atom. The van der Waals surface area contributed by atoms with E-state index in [0.29, 0.717) is 25.3 Å². The fourth-order valence-corrected chi connectivity index (χ4v) is 4.97. The van der Waals surface area contributed by atoms with E-state index in [2.05, 4.69) is 4.98 Å². The summed E-state index contributed by atoms with van der Waals surface area (Å²) in [5, 5.41) is 0.0742. The summed E-state index contributed by atoms with van der Waals surface area (Å²) >= 11 is 0. The first kappa shape index (κ1) is 14.5. The van der Waals surface area contributed by atoms with Gasteiger partial charge in [-0.05, 0) is 19.8 Å². The molecule has 1 aromatic heterocycles. The predicted molar refractivity (Wildman–Crippen MR) is 76.0 cm³/mol. The number of piperidine rings is 1. The maximum atomic E-state index is 12.8. The zero-order chi connectivity index (χ0) is 15.4. The van der Waals surface area contributed by atoms with E-state index >= 15 is 0 Å². The number of rotatable bonds is 2. The van der Waals surface area contributed by atoms with E-state index in [1.165, 1.54) is 10.5 Å². The van der Waals surface area contributed by atoms with Crippen LogP contribution in [0.5, 0.6) is 0 Å². The number of aryl methyl sites for hydroxylation is 2. The van der Waals surface area contributed by atoms with E-state index in [-0.39, 0.29) is 22.9 Å². The Labute approximate surface area is 124 Å². The van der Waals surface area contributed by atoms with Crippen LogP contribution in [0.1, 0.15) is 18.7 Å². The Bertz CT molecular complexity index is 662. The van der Waals surface area contributed by atoms with Crippen LogP contribution in [0, 0.1) is 12.8 Å². The molecule has 0 unspecified atom stereocenters. The summed E-state index contributed by atoms with van der Waals surface area (Å²) in [4.78, 5) is 17.9. The Morgan fingerprint density at radius 3 is 2.67 bits per heavy atom. The third kappa shape index (κ3) is 2.17. The molecule has 116 valence electrons. The fraction of sp³-hybridized carbons (Fsp3) is 0.692. The number of sulfonamides is 1. The van der Waals surface area contributed by atoms with Crippen LogP contribution in [-0.4, -0.2) is 59.3 Å². The van der Waals surface area contributed by atoms with Crippen LogP contribution in [-0.2, 0) is 21.9 Å². The molecule has 2 aliphatic rings. The van der Waals surface area contributed by atoms with Gasteiger partial charge in [-0.25, -0.2) is 13.4 Å². The van der Waals surface area contributed by atoms with Crippen LogP contribution >= 0.6 is 0 Å². The molecule has 0 radical (unpaired) electrons. The van der Waals surface area contributed by atoms with Crippen molar-refractivity contribution in [2.24, 2.45) is 13.0 Å². The Balaban J connectivity index is 1.97. The zero-order valence-electron chi connectivity index (χ0n) is 12.5. The molecule has 0 aromatic carbocycles. The maximum absolute atomic E-state index is 12.8. The molecule has 3 rings (SSSR count). The van der Waals surface area contributed by atoms with Gasteiger partial charge < -0.3 is 9.47 Å². The third-order valence-corrected chi connectivity index (χ3v) is 6.34. The quantitative estimate of drug-likeness (QED) is 0.768. The van der Waals surface area contributed by atoms with Gasteiger partial charge in [0.15, 0.2) is 5.03 Å². The number of amides is 1. The van der Waals surface area contributed by atoms with Gasteiger partial charge in [0.1, 0.15) is 5.82 Å². The van der Waals surface area contributed by atoms with E-state index in [0.717, 1.165) is 6.42 Å². The lowest BCUT2D eigenvalue weighted by molar-refractivity contribution is -0.130. The van der Waals surface area contributed by atoms with Gasteiger partial charge in [0.05, 0.1) is 12.0 Å². The van der Waals surface area contributed by atoms with Crippen LogP contribution in [0.2, 0.25) is 0 Å². The van der Waals surface area contributed by atoms with Crippen molar-refractivity contribution in [1.29, 1.82) is 0 Å². The smallest absolute Gasteiger partial charge is 0.262 e. The number of likely N-dealkylation sites (tertiary alicyclic amines) is 1. The lowest BCUT2D eigenvalue weighted by Gasteiger charge is -2.34. The monoisotopic (exact) mass is 312 g/mol. The number of nitrogens with zero attached hydrogens (tertiary/aromatic N) is 4. The van der Waals surface area contributed by atoms with Gasteiger partial charge in [-0.1, -0.05) is 0 Å². The SMILES string of the molecule is Cc1nc(S(=O)(=O)N2CCC[C@H]3C(=O)N(C)C[C@H]32)cn1C. The number of carbonyl (C=O) groups excluding carboxylic acids is 1. The van der Waals surface area contributed by atoms with Crippen molar-refractivity contribution in [2.75, 3.05) is 20.1 Å². The number of hydrogen-bond acceptors (Lipinski definition) is 4. The second-order valence-corrected chi connectivity index (χ2v) is 7.73. The minimum absolute atomic E-state index is 0.0529. The predicted octanol–water partition coefficient (Wildman–Crippen LogP) is -0.0302. The van der Waals surface area contributed by atoms with Crippen LogP contribution < -0.4 is 0 Å². The van der Waals surface area contributed by atoms with Crippen molar-refractivity contribution >= 4 is 15.9 Å². The number of aromatic nitrogens is 2. The lowest BCUT2D eigenvalue weighted by Crippen LogP contribution is -2.48. The Kier molecular flexibility index (Phi) is 3.32. The highest BCUT2D eigenvalue weighted by atomic mass is 32.2. The van der Waals surface area contributed by atoms with Crippen LogP contribution in [0.4, 0.5) is 0 Å². The highest BCUT2D eigenvalue weighted by Gasteiger charge is 2.48. The first-order valence-corrected chi connectivity index (χ1v) is 8.53. The molecule has 0 N–H and O–H groups in total. The van der Waals surface area contributed by atoms with Crippen molar-refractivity contribution in [1.82, 2.24) is 18.8 Å². The van der Waals surface area contributed by atoms with Crippen molar-refractivity contribution in [3.05, 3.63) is 12.0 Å². The van der Waals surface area contributed by atoms with Crippen molar-refractivity contribution in [3.8, 4) is 0 Å². The molecule has 2 saturated heterocycles. The number of likely N-dealkylation sites (N-methyl/N-ethyl adjacent to an activating group) is 1. The van der Waals surface area contributed by atoms with Crippen molar-refractivity contribution < 1.29 is 13.2 Å². The molecule has 1 amide bonds. The first-order valence-electron chi connectivity index (χ1n) is 7.09. The van der Waals surface area contributed by atoms with E-state index in [1.807, 2.05) is 0 Å². The van der Waals surface area contributed by atoms with Crippen LogP contribution in [0.15, 0.2) is 11.2 Å². The minimum atomic E-state index is -3.64. The van der Waals surface area contributed by atoms with Gasteiger partial charge in [-0.15, -0.1) is 0 Å². The van der Waals surface area contributed by atoms with Crippen LogP contribution in [0.25, 0.3) is 0 Å². The molecule has 0 aliphatic carbocycles. The molecular weight excluding hydrogens is 292 g/mol. The van der Waals surface area contributed by atoms with E-state index in [4.69, 9.17) is 0 Å². The highest BCUT2D eigenvalue weighted by molar-refractivity contribution is 7.89. The molecule has 2 fully saturated rings. The first-order chi connectivity index (χ1) is 9.82. The average Bonchev–Trinajstić information content (AvgIpc) is 2.92. The molecule has 7 nitrogen and oxygen atoms in total. The summed E-state index contributed by atoms with van der Waals surface area (Å²) in [6.07, 6.45) is 3.02. The topological polar surface area (TPSA) is 75.5 Å². The summed E-state index contributed by atoms with van der Waals surface area (Å²) in [6.45, 7) is 2.69. The van der Waals surface area contributed by atoms with Gasteiger partial charge in [0, 0.05) is 33.4 Å². The van der Waals surface area contributed by atoms with Crippen molar-refractivity contribution in [2.45, 2.75) is 30.8 Å². The minimum Gasteiger partial charge on any atom is -0.344 e. The van der Waals surface area contributed by atoms with Gasteiger partial charge in [0.25, 0.3) is 10.0 Å². The maximum Gasteiger partial charge on any atom is 0.262 e. The summed E-state index contributed by atoms with van der Waals surface area (Å²) in [6, 6.07) is -0.261. The van der Waals surface area contributed by atoms with Gasteiger partial charge in [-0.2, -0.15) is 4.31 Å². The molecule has 3 heterocycles. The number of imidazole rings is 1. The Hall–Kier alpha value is -1.41. The van der Waals surface area contributed by atoms with Gasteiger partial charge >= 0.3 is 0 Å².